The highest BCUT2D eigenvalue weighted by atomic mass is 16.5. The van der Waals surface area contributed by atoms with Crippen molar-refractivity contribution in [2.75, 3.05) is 13.7 Å². The summed E-state index contributed by atoms with van der Waals surface area (Å²) in [6, 6.07) is 7.58. The highest BCUT2D eigenvalue weighted by Gasteiger charge is 2.23. The fourth-order valence-electron chi connectivity index (χ4n) is 2.07. The molecule has 0 radical (unpaired) electrons. The first-order valence-electron chi connectivity index (χ1n) is 6.36. The number of amides is 2. The van der Waals surface area contributed by atoms with E-state index < -0.39 is 0 Å². The molecule has 1 aliphatic rings. The number of benzene rings is 1. The molecule has 0 saturated carbocycles. The third-order valence-corrected chi connectivity index (χ3v) is 3.24. The number of nitrogens with one attached hydrogen (secondary N) is 2. The van der Waals surface area contributed by atoms with Gasteiger partial charge in [-0.1, -0.05) is 12.1 Å². The van der Waals surface area contributed by atoms with Crippen molar-refractivity contribution in [1.82, 2.24) is 10.6 Å². The Labute approximate surface area is 112 Å². The number of carbonyl (C=O) groups is 2. The monoisotopic (exact) mass is 262 g/mol. The lowest BCUT2D eigenvalue weighted by Gasteiger charge is -2.21. The molecule has 1 unspecified atom stereocenters. The molecular formula is C14H18N2O3. The van der Waals surface area contributed by atoms with Crippen LogP contribution < -0.4 is 15.4 Å². The van der Waals surface area contributed by atoms with Crippen LogP contribution in [0.25, 0.3) is 0 Å². The summed E-state index contributed by atoms with van der Waals surface area (Å²) in [5.74, 6) is 0.666. The molecule has 0 aromatic heterocycles. The fourth-order valence-corrected chi connectivity index (χ4v) is 2.07. The van der Waals surface area contributed by atoms with Gasteiger partial charge in [-0.05, 0) is 24.1 Å². The Bertz CT molecular complexity index is 464. The minimum atomic E-state index is -0.122. The summed E-state index contributed by atoms with van der Waals surface area (Å²) < 4.78 is 5.13. The molecule has 1 heterocycles. The molecule has 102 valence electrons. The third-order valence-electron chi connectivity index (χ3n) is 3.24. The maximum Gasteiger partial charge on any atom is 0.225 e. The van der Waals surface area contributed by atoms with Gasteiger partial charge in [0.1, 0.15) is 5.75 Å². The predicted octanol–water partition coefficient (Wildman–Crippen LogP) is 0.838. The van der Waals surface area contributed by atoms with Gasteiger partial charge in [-0.15, -0.1) is 0 Å². The molecular weight excluding hydrogens is 244 g/mol. The van der Waals surface area contributed by atoms with Crippen LogP contribution in [-0.4, -0.2) is 25.5 Å². The lowest BCUT2D eigenvalue weighted by Crippen LogP contribution is -2.42. The highest BCUT2D eigenvalue weighted by molar-refractivity contribution is 5.83. The minimum absolute atomic E-state index is 0.0113. The van der Waals surface area contributed by atoms with Crippen LogP contribution >= 0.6 is 0 Å². The summed E-state index contributed by atoms with van der Waals surface area (Å²) in [5.41, 5.74) is 0.993. The van der Waals surface area contributed by atoms with Gasteiger partial charge in [-0.2, -0.15) is 0 Å². The molecule has 5 heteroatoms. The van der Waals surface area contributed by atoms with Gasteiger partial charge >= 0.3 is 0 Å². The van der Waals surface area contributed by atoms with E-state index in [1.54, 1.807) is 7.11 Å². The number of ether oxygens (including phenoxy) is 1. The molecule has 2 rings (SSSR count). The van der Waals surface area contributed by atoms with Crippen LogP contribution in [0, 0.1) is 5.92 Å². The number of hydrogen-bond donors (Lipinski definition) is 2. The summed E-state index contributed by atoms with van der Waals surface area (Å²) in [5, 5.41) is 5.60. The zero-order valence-electron chi connectivity index (χ0n) is 10.9. The molecule has 1 saturated heterocycles. The van der Waals surface area contributed by atoms with Crippen molar-refractivity contribution in [2.24, 2.45) is 5.92 Å². The molecule has 2 N–H and O–H groups in total. The summed E-state index contributed by atoms with van der Waals surface area (Å²) in [7, 11) is 1.61. The Morgan fingerprint density at radius 3 is 3.05 bits per heavy atom. The smallest absolute Gasteiger partial charge is 0.225 e. The van der Waals surface area contributed by atoms with Crippen molar-refractivity contribution in [3.63, 3.8) is 0 Å². The van der Waals surface area contributed by atoms with E-state index in [4.69, 9.17) is 4.74 Å². The summed E-state index contributed by atoms with van der Waals surface area (Å²) in [6.07, 6.45) is 1.05. The van der Waals surface area contributed by atoms with Crippen molar-refractivity contribution in [2.45, 2.75) is 19.4 Å². The van der Waals surface area contributed by atoms with E-state index in [0.29, 0.717) is 25.9 Å². The van der Waals surface area contributed by atoms with Crippen LogP contribution in [-0.2, 0) is 16.1 Å². The standard InChI is InChI=1S/C14H18N2O3/c1-19-12-4-2-3-10(7-12)8-16-14(18)11-5-6-13(17)15-9-11/h2-4,7,11H,5-6,8-9H2,1H3,(H,15,17)(H,16,18). The lowest BCUT2D eigenvalue weighted by molar-refractivity contribution is -0.129. The van der Waals surface area contributed by atoms with E-state index in [0.717, 1.165) is 11.3 Å². The summed E-state index contributed by atoms with van der Waals surface area (Å²) in [6.45, 7) is 0.906. The van der Waals surface area contributed by atoms with E-state index in [2.05, 4.69) is 10.6 Å². The molecule has 1 fully saturated rings. The Kier molecular flexibility index (Phi) is 4.39. The second kappa shape index (κ2) is 6.22. The lowest BCUT2D eigenvalue weighted by atomic mass is 9.98. The average molecular weight is 262 g/mol. The first-order chi connectivity index (χ1) is 9.19. The molecule has 1 aliphatic heterocycles. The van der Waals surface area contributed by atoms with Gasteiger partial charge in [0.25, 0.3) is 0 Å². The van der Waals surface area contributed by atoms with Crippen molar-refractivity contribution >= 4 is 11.8 Å². The quantitative estimate of drug-likeness (QED) is 0.845. The molecule has 0 bridgehead atoms. The van der Waals surface area contributed by atoms with Gasteiger partial charge in [0.2, 0.25) is 11.8 Å². The maximum absolute atomic E-state index is 11.9. The predicted molar refractivity (Wildman–Crippen MR) is 70.6 cm³/mol. The van der Waals surface area contributed by atoms with Crippen LogP contribution in [0.15, 0.2) is 24.3 Å². The van der Waals surface area contributed by atoms with E-state index in [-0.39, 0.29) is 17.7 Å². The van der Waals surface area contributed by atoms with Crippen LogP contribution in [0.4, 0.5) is 0 Å². The zero-order chi connectivity index (χ0) is 13.7. The van der Waals surface area contributed by atoms with Crippen LogP contribution in [0.5, 0.6) is 5.75 Å². The minimum Gasteiger partial charge on any atom is -0.497 e. The Morgan fingerprint density at radius 2 is 2.37 bits per heavy atom. The number of carbonyl (C=O) groups excluding carboxylic acids is 2. The fraction of sp³-hybridized carbons (Fsp3) is 0.429. The van der Waals surface area contributed by atoms with Gasteiger partial charge in [0.05, 0.1) is 13.0 Å². The summed E-state index contributed by atoms with van der Waals surface area (Å²) >= 11 is 0. The van der Waals surface area contributed by atoms with Gasteiger partial charge < -0.3 is 15.4 Å². The van der Waals surface area contributed by atoms with Crippen molar-refractivity contribution in [3.05, 3.63) is 29.8 Å². The second-order valence-corrected chi connectivity index (χ2v) is 4.61. The number of piperidine rings is 1. The highest BCUT2D eigenvalue weighted by Crippen LogP contribution is 2.14. The second-order valence-electron chi connectivity index (χ2n) is 4.61. The molecule has 1 aromatic rings. The molecule has 0 aliphatic carbocycles. The van der Waals surface area contributed by atoms with Crippen LogP contribution in [0.2, 0.25) is 0 Å². The van der Waals surface area contributed by atoms with E-state index in [9.17, 15) is 9.59 Å². The van der Waals surface area contributed by atoms with Crippen LogP contribution in [0.1, 0.15) is 18.4 Å². The molecule has 0 spiro atoms. The van der Waals surface area contributed by atoms with E-state index >= 15 is 0 Å². The van der Waals surface area contributed by atoms with E-state index in [1.807, 2.05) is 24.3 Å². The van der Waals surface area contributed by atoms with Gasteiger partial charge in [-0.25, -0.2) is 0 Å². The van der Waals surface area contributed by atoms with Gasteiger partial charge in [0, 0.05) is 19.5 Å². The van der Waals surface area contributed by atoms with Crippen molar-refractivity contribution < 1.29 is 14.3 Å². The molecule has 5 nitrogen and oxygen atoms in total. The van der Waals surface area contributed by atoms with Crippen molar-refractivity contribution in [3.8, 4) is 5.75 Å². The molecule has 1 atom stereocenters. The first-order valence-corrected chi connectivity index (χ1v) is 6.36. The van der Waals surface area contributed by atoms with Crippen molar-refractivity contribution in [1.29, 1.82) is 0 Å². The third kappa shape index (κ3) is 3.71. The molecule has 2 amide bonds. The number of rotatable bonds is 4. The first kappa shape index (κ1) is 13.4. The topological polar surface area (TPSA) is 67.4 Å². The van der Waals surface area contributed by atoms with E-state index in [1.165, 1.54) is 0 Å². The van der Waals surface area contributed by atoms with Crippen LogP contribution in [0.3, 0.4) is 0 Å². The number of methoxy groups -OCH3 is 1. The largest absolute Gasteiger partial charge is 0.497 e. The molecule has 19 heavy (non-hydrogen) atoms. The van der Waals surface area contributed by atoms with Gasteiger partial charge in [-0.3, -0.25) is 9.59 Å². The average Bonchev–Trinajstić information content (AvgIpc) is 2.46. The molecule has 1 aromatic carbocycles. The Hall–Kier alpha value is -2.04. The normalized spacial score (nSPS) is 18.6. The Morgan fingerprint density at radius 1 is 1.53 bits per heavy atom. The Balaban J connectivity index is 1.84. The summed E-state index contributed by atoms with van der Waals surface area (Å²) in [4.78, 5) is 23.0. The SMILES string of the molecule is COc1cccc(CNC(=O)C2CCC(=O)NC2)c1. The maximum atomic E-state index is 11.9. The number of hydrogen-bond acceptors (Lipinski definition) is 3. The van der Waals surface area contributed by atoms with Gasteiger partial charge in [0.15, 0.2) is 0 Å². The zero-order valence-corrected chi connectivity index (χ0v) is 10.9.